The van der Waals surface area contributed by atoms with Gasteiger partial charge in [-0.25, -0.2) is 0 Å². The molecule has 0 bridgehead atoms. The molecule has 2 aromatic rings. The maximum absolute atomic E-state index is 5.71. The van der Waals surface area contributed by atoms with E-state index in [1.807, 2.05) is 19.1 Å². The van der Waals surface area contributed by atoms with Gasteiger partial charge in [-0.15, -0.1) is 0 Å². The Morgan fingerprint density at radius 3 is 2.33 bits per heavy atom. The standard InChI is InChI=1S/C19H25NO/c1-4-21-19-13-9-8-12-18(19)16(3)20-14-15(2)17-10-6-5-7-11-17/h5-13,15-16,20H,4,14H2,1-3H3. The Balaban J connectivity index is 1.97. The van der Waals surface area contributed by atoms with Crippen molar-refractivity contribution in [3.8, 4) is 5.75 Å². The molecule has 0 fully saturated rings. The molecule has 0 amide bonds. The van der Waals surface area contributed by atoms with Crippen molar-refractivity contribution in [3.05, 3.63) is 65.7 Å². The lowest BCUT2D eigenvalue weighted by molar-refractivity contribution is 0.332. The summed E-state index contributed by atoms with van der Waals surface area (Å²) >= 11 is 0. The molecule has 2 atom stereocenters. The summed E-state index contributed by atoms with van der Waals surface area (Å²) in [4.78, 5) is 0. The summed E-state index contributed by atoms with van der Waals surface area (Å²) in [6.45, 7) is 8.11. The number of hydrogen-bond donors (Lipinski definition) is 1. The second-order valence-electron chi connectivity index (χ2n) is 5.41. The lowest BCUT2D eigenvalue weighted by Gasteiger charge is -2.20. The minimum atomic E-state index is 0.277. The van der Waals surface area contributed by atoms with E-state index in [-0.39, 0.29) is 6.04 Å². The highest BCUT2D eigenvalue weighted by molar-refractivity contribution is 5.35. The molecule has 0 aliphatic rings. The molecule has 2 aromatic carbocycles. The van der Waals surface area contributed by atoms with E-state index in [0.29, 0.717) is 12.5 Å². The summed E-state index contributed by atoms with van der Waals surface area (Å²) in [7, 11) is 0. The minimum Gasteiger partial charge on any atom is -0.494 e. The molecule has 0 heterocycles. The van der Waals surface area contributed by atoms with Crippen LogP contribution in [0.25, 0.3) is 0 Å². The average molecular weight is 283 g/mol. The number of ether oxygens (including phenoxy) is 1. The van der Waals surface area contributed by atoms with Crippen LogP contribution in [0.4, 0.5) is 0 Å². The third-order valence-corrected chi connectivity index (χ3v) is 3.78. The fourth-order valence-electron chi connectivity index (χ4n) is 2.49. The van der Waals surface area contributed by atoms with Crippen molar-refractivity contribution < 1.29 is 4.74 Å². The predicted octanol–water partition coefficient (Wildman–Crippen LogP) is 4.54. The van der Waals surface area contributed by atoms with E-state index in [1.54, 1.807) is 0 Å². The van der Waals surface area contributed by atoms with Gasteiger partial charge in [0.05, 0.1) is 6.61 Å². The Morgan fingerprint density at radius 1 is 0.952 bits per heavy atom. The van der Waals surface area contributed by atoms with E-state index in [1.165, 1.54) is 11.1 Å². The molecular formula is C19H25NO. The normalized spacial score (nSPS) is 13.7. The third kappa shape index (κ3) is 4.33. The SMILES string of the molecule is CCOc1ccccc1C(C)NCC(C)c1ccccc1. The van der Waals surface area contributed by atoms with Crippen LogP contribution in [0.1, 0.15) is 43.9 Å². The molecule has 0 aliphatic heterocycles. The first-order chi connectivity index (χ1) is 10.2. The molecule has 0 aliphatic carbocycles. The largest absolute Gasteiger partial charge is 0.494 e. The van der Waals surface area contributed by atoms with Gasteiger partial charge in [0.1, 0.15) is 5.75 Å². The van der Waals surface area contributed by atoms with Crippen LogP contribution in [0.2, 0.25) is 0 Å². The third-order valence-electron chi connectivity index (χ3n) is 3.78. The monoisotopic (exact) mass is 283 g/mol. The zero-order valence-corrected chi connectivity index (χ0v) is 13.2. The van der Waals surface area contributed by atoms with Crippen LogP contribution in [-0.2, 0) is 0 Å². The zero-order chi connectivity index (χ0) is 15.1. The average Bonchev–Trinajstić information content (AvgIpc) is 2.54. The van der Waals surface area contributed by atoms with Crippen molar-refractivity contribution in [2.75, 3.05) is 13.2 Å². The van der Waals surface area contributed by atoms with Crippen molar-refractivity contribution in [3.63, 3.8) is 0 Å². The molecule has 0 spiro atoms. The van der Waals surface area contributed by atoms with E-state index in [9.17, 15) is 0 Å². The highest BCUT2D eigenvalue weighted by Gasteiger charge is 2.12. The molecule has 2 unspecified atom stereocenters. The lowest BCUT2D eigenvalue weighted by Crippen LogP contribution is -2.24. The molecule has 21 heavy (non-hydrogen) atoms. The molecule has 0 saturated carbocycles. The van der Waals surface area contributed by atoms with Crippen molar-refractivity contribution in [2.45, 2.75) is 32.7 Å². The molecule has 0 radical (unpaired) electrons. The Morgan fingerprint density at radius 2 is 1.62 bits per heavy atom. The van der Waals surface area contributed by atoms with E-state index >= 15 is 0 Å². The number of benzene rings is 2. The maximum atomic E-state index is 5.71. The second kappa shape index (κ2) is 7.84. The predicted molar refractivity (Wildman–Crippen MR) is 88.9 cm³/mol. The van der Waals surface area contributed by atoms with Crippen LogP contribution in [0.15, 0.2) is 54.6 Å². The summed E-state index contributed by atoms with van der Waals surface area (Å²) in [5, 5.41) is 3.62. The highest BCUT2D eigenvalue weighted by atomic mass is 16.5. The molecule has 0 aromatic heterocycles. The van der Waals surface area contributed by atoms with Gasteiger partial charge in [-0.05, 0) is 31.4 Å². The van der Waals surface area contributed by atoms with Gasteiger partial charge in [0, 0.05) is 18.2 Å². The fourth-order valence-corrected chi connectivity index (χ4v) is 2.49. The molecule has 0 saturated heterocycles. The first-order valence-electron chi connectivity index (χ1n) is 7.72. The van der Waals surface area contributed by atoms with Gasteiger partial charge in [-0.2, -0.15) is 0 Å². The molecule has 2 rings (SSSR count). The van der Waals surface area contributed by atoms with E-state index in [2.05, 4.69) is 61.6 Å². The Labute approximate surface area is 128 Å². The Bertz CT molecular complexity index is 538. The van der Waals surface area contributed by atoms with Gasteiger partial charge in [0.25, 0.3) is 0 Å². The van der Waals surface area contributed by atoms with Crippen LogP contribution in [0.3, 0.4) is 0 Å². The van der Waals surface area contributed by atoms with Crippen LogP contribution < -0.4 is 10.1 Å². The second-order valence-corrected chi connectivity index (χ2v) is 5.41. The zero-order valence-electron chi connectivity index (χ0n) is 13.2. The van der Waals surface area contributed by atoms with Gasteiger partial charge < -0.3 is 10.1 Å². The van der Waals surface area contributed by atoms with Crippen LogP contribution in [0, 0.1) is 0 Å². The molecule has 112 valence electrons. The molecule has 1 N–H and O–H groups in total. The van der Waals surface area contributed by atoms with E-state index < -0.39 is 0 Å². The lowest BCUT2D eigenvalue weighted by atomic mass is 10.00. The quantitative estimate of drug-likeness (QED) is 0.805. The Kier molecular flexibility index (Phi) is 5.82. The number of para-hydroxylation sites is 1. The van der Waals surface area contributed by atoms with E-state index in [4.69, 9.17) is 4.74 Å². The van der Waals surface area contributed by atoms with Gasteiger partial charge in [0.15, 0.2) is 0 Å². The molecular weight excluding hydrogens is 258 g/mol. The van der Waals surface area contributed by atoms with Crippen molar-refractivity contribution in [1.82, 2.24) is 5.32 Å². The van der Waals surface area contributed by atoms with Crippen LogP contribution >= 0.6 is 0 Å². The first kappa shape index (κ1) is 15.6. The number of hydrogen-bond acceptors (Lipinski definition) is 2. The van der Waals surface area contributed by atoms with Crippen molar-refractivity contribution >= 4 is 0 Å². The summed E-state index contributed by atoms with van der Waals surface area (Å²) in [6, 6.07) is 19.2. The topological polar surface area (TPSA) is 21.3 Å². The maximum Gasteiger partial charge on any atom is 0.124 e. The van der Waals surface area contributed by atoms with Crippen molar-refractivity contribution in [2.24, 2.45) is 0 Å². The van der Waals surface area contributed by atoms with Crippen LogP contribution in [0.5, 0.6) is 5.75 Å². The minimum absolute atomic E-state index is 0.277. The van der Waals surface area contributed by atoms with Gasteiger partial charge in [-0.1, -0.05) is 55.5 Å². The summed E-state index contributed by atoms with van der Waals surface area (Å²) in [6.07, 6.45) is 0. The van der Waals surface area contributed by atoms with Gasteiger partial charge in [-0.3, -0.25) is 0 Å². The highest BCUT2D eigenvalue weighted by Crippen LogP contribution is 2.25. The number of nitrogens with one attached hydrogen (secondary N) is 1. The first-order valence-corrected chi connectivity index (χ1v) is 7.72. The smallest absolute Gasteiger partial charge is 0.124 e. The van der Waals surface area contributed by atoms with Crippen LogP contribution in [-0.4, -0.2) is 13.2 Å². The Hall–Kier alpha value is -1.80. The van der Waals surface area contributed by atoms with Gasteiger partial charge >= 0.3 is 0 Å². The van der Waals surface area contributed by atoms with Crippen molar-refractivity contribution in [1.29, 1.82) is 0 Å². The number of rotatable bonds is 7. The van der Waals surface area contributed by atoms with E-state index in [0.717, 1.165) is 12.3 Å². The summed E-state index contributed by atoms with van der Waals surface area (Å²) < 4.78 is 5.71. The van der Waals surface area contributed by atoms with Gasteiger partial charge in [0.2, 0.25) is 0 Å². The fraction of sp³-hybridized carbons (Fsp3) is 0.368. The molecule has 2 nitrogen and oxygen atoms in total. The summed E-state index contributed by atoms with van der Waals surface area (Å²) in [5.41, 5.74) is 2.59. The summed E-state index contributed by atoms with van der Waals surface area (Å²) in [5.74, 6) is 1.47. The molecule has 2 heteroatoms.